The third-order valence-electron chi connectivity index (χ3n) is 0.296. The van der Waals surface area contributed by atoms with Gasteiger partial charge in [-0.05, 0) is 0 Å². The van der Waals surface area contributed by atoms with Gasteiger partial charge in [0.25, 0.3) is 0 Å². The van der Waals surface area contributed by atoms with Gasteiger partial charge in [-0.1, -0.05) is 6.08 Å². The van der Waals surface area contributed by atoms with Crippen LogP contribution in [0.15, 0.2) is 12.7 Å². The average molecular weight is 403 g/mol. The van der Waals surface area contributed by atoms with Crippen LogP contribution in [0.5, 0.6) is 0 Å². The topological polar surface area (TPSA) is 110 Å². The van der Waals surface area contributed by atoms with Crippen molar-refractivity contribution in [2.24, 2.45) is 0 Å². The first-order valence-electron chi connectivity index (χ1n) is 2.36. The van der Waals surface area contributed by atoms with E-state index in [1.165, 1.54) is 6.08 Å². The van der Waals surface area contributed by atoms with Gasteiger partial charge in [0, 0.05) is 0 Å². The second-order valence-electron chi connectivity index (χ2n) is 1.07. The van der Waals surface area contributed by atoms with Gasteiger partial charge in [0.2, 0.25) is 0 Å². The maximum absolute atomic E-state index is 9.29. The fraction of sp³-hybridized carbons (Fsp3) is 0.333. The second kappa shape index (κ2) is 14.5. The molecule has 12 heavy (non-hydrogen) atoms. The van der Waals surface area contributed by atoms with Crippen LogP contribution in [0.25, 0.3) is 0 Å². The Hall–Kier alpha value is 0.975. The minimum Gasteiger partial charge on any atom is -0.781 e. The summed E-state index contributed by atoms with van der Waals surface area (Å²) in [5, 5.41) is 7.76. The maximum Gasteiger partial charge on any atom is 2.00 e. The fourth-order valence-corrected chi connectivity index (χ4v) is 0.612. The molecule has 9 heteroatoms. The van der Waals surface area contributed by atoms with Crippen molar-refractivity contribution in [3.05, 3.63) is 12.7 Å². The molecule has 0 aliphatic carbocycles. The summed E-state index contributed by atoms with van der Waals surface area (Å²) in [5.74, 6) is 0. The molecule has 0 aromatic heterocycles. The molecular weight excluding hydrogens is 395 g/mol. The molecule has 0 aliphatic rings. The molecule has 6 nitrogen and oxygen atoms in total. The predicted molar refractivity (Wildman–Crippen MR) is 36.4 cm³/mol. The van der Waals surface area contributed by atoms with Crippen LogP contribution in [0.1, 0.15) is 0 Å². The average Bonchev–Trinajstić information content (AvgIpc) is 1.85. The van der Waals surface area contributed by atoms with Crippen LogP contribution in [-0.4, -0.2) is 11.7 Å². The molecule has 0 radical (unpaired) electrons. The van der Waals surface area contributed by atoms with Crippen molar-refractivity contribution in [1.82, 2.24) is 0 Å². The van der Waals surface area contributed by atoms with Crippen LogP contribution in [0.3, 0.4) is 0 Å². The molecule has 1 N–H and O–H groups in total. The zero-order chi connectivity index (χ0) is 9.28. The molecule has 68 valence electrons. The molecule has 2 atom stereocenters. The Morgan fingerprint density at radius 2 is 1.67 bits per heavy atom. The van der Waals surface area contributed by atoms with Crippen molar-refractivity contribution in [3.8, 4) is 0 Å². The van der Waals surface area contributed by atoms with Crippen molar-refractivity contribution in [3.63, 3.8) is 0 Å². The quantitative estimate of drug-likeness (QED) is 0.356. The van der Waals surface area contributed by atoms with Crippen molar-refractivity contribution in [2.45, 2.75) is 0 Å². The van der Waals surface area contributed by atoms with E-state index in [-0.39, 0.29) is 34.3 Å². The molecule has 2 unspecified atom stereocenters. The first kappa shape index (κ1) is 18.7. The van der Waals surface area contributed by atoms with E-state index < -0.39 is 16.5 Å². The second-order valence-corrected chi connectivity index (χ2v) is 2.89. The minimum atomic E-state index is -3.51. The van der Waals surface area contributed by atoms with Gasteiger partial charge in [0.05, 0.1) is 6.61 Å². The number of aliphatic hydroxyl groups excluding tert-OH is 1. The molecule has 0 heterocycles. The Morgan fingerprint density at radius 3 is 1.67 bits per heavy atom. The molecule has 0 rings (SSSR count). The number of rotatable bonds is 3. The van der Waals surface area contributed by atoms with Gasteiger partial charge in [0.15, 0.2) is 0 Å². The van der Waals surface area contributed by atoms with Crippen molar-refractivity contribution in [2.75, 3.05) is 6.61 Å². The maximum atomic E-state index is 9.29. The molecule has 0 fully saturated rings. The molecule has 0 bridgehead atoms. The van der Waals surface area contributed by atoms with E-state index in [0.29, 0.717) is 0 Å². The third-order valence-corrected chi connectivity index (χ3v) is 1.63. The molecule has 0 aromatic rings. The third kappa shape index (κ3) is 30.6. The Kier molecular flexibility index (Phi) is 22.6. The summed E-state index contributed by atoms with van der Waals surface area (Å²) >= 11 is 0. The van der Waals surface area contributed by atoms with Gasteiger partial charge in [-0.2, -0.15) is 0 Å². The standard InChI is InChI=1S/C3H6O.Hg.H4O5P2/c1-2-3-4;;1-6(2)5-7(3)4/h2,4H,1,3H2;;6-7H,(H,1,2)(H,3,4)/q;+2;/p-2. The van der Waals surface area contributed by atoms with Crippen molar-refractivity contribution in [1.29, 1.82) is 0 Å². The number of hydrogen-bond donors (Lipinski definition) is 1. The smallest absolute Gasteiger partial charge is 0.781 e. The zero-order valence-corrected chi connectivity index (χ0v) is 13.7. The van der Waals surface area contributed by atoms with E-state index in [1.54, 1.807) is 0 Å². The molecule has 0 saturated heterocycles. The van der Waals surface area contributed by atoms with E-state index in [2.05, 4.69) is 10.9 Å². The van der Waals surface area contributed by atoms with E-state index in [9.17, 15) is 18.9 Å². The summed E-state index contributed by atoms with van der Waals surface area (Å²) in [6, 6.07) is 0. The molecule has 0 amide bonds. The van der Waals surface area contributed by atoms with Crippen molar-refractivity contribution < 1.29 is 56.0 Å². The number of aliphatic hydroxyl groups is 1. The van der Waals surface area contributed by atoms with Crippen molar-refractivity contribution >= 4 is 16.5 Å². The Morgan fingerprint density at radius 1 is 1.42 bits per heavy atom. The first-order valence-corrected chi connectivity index (χ1v) is 4.81. The Balaban J connectivity index is -0.000000142. The summed E-state index contributed by atoms with van der Waals surface area (Å²) < 4.78 is 21.8. The predicted octanol–water partition coefficient (Wildman–Crippen LogP) is -1.33. The summed E-state index contributed by atoms with van der Waals surface area (Å²) in [4.78, 5) is 18.6. The Labute approximate surface area is 91.7 Å². The van der Waals surface area contributed by atoms with E-state index in [0.717, 1.165) is 0 Å². The summed E-state index contributed by atoms with van der Waals surface area (Å²) in [7, 11) is -7.03. The fourth-order valence-electron chi connectivity index (χ4n) is 0.0680. The van der Waals surface area contributed by atoms with E-state index >= 15 is 0 Å². The van der Waals surface area contributed by atoms with Gasteiger partial charge in [-0.3, -0.25) is 4.31 Å². The van der Waals surface area contributed by atoms with Gasteiger partial charge < -0.3 is 24.0 Å². The van der Waals surface area contributed by atoms with Crippen LogP contribution in [0, 0.1) is 0 Å². The van der Waals surface area contributed by atoms with Crippen LogP contribution >= 0.6 is 16.5 Å². The molecular formula is C3H8HgO6P2. The van der Waals surface area contributed by atoms with Gasteiger partial charge in [-0.15, -0.1) is 6.58 Å². The van der Waals surface area contributed by atoms with Crippen LogP contribution in [-0.2, 0) is 41.1 Å². The summed E-state index contributed by atoms with van der Waals surface area (Å²) in [6.07, 6.45) is 1.43. The van der Waals surface area contributed by atoms with E-state index in [4.69, 9.17) is 5.11 Å². The summed E-state index contributed by atoms with van der Waals surface area (Å²) in [5.41, 5.74) is 0. The number of hydrogen-bond acceptors (Lipinski definition) is 6. The molecule has 0 saturated carbocycles. The Bertz CT molecular complexity index is 138. The van der Waals surface area contributed by atoms with Gasteiger partial charge >= 0.3 is 27.7 Å². The normalized spacial score (nSPS) is 12.9. The monoisotopic (exact) mass is 404 g/mol. The molecule has 0 aliphatic heterocycles. The largest absolute Gasteiger partial charge is 2.00 e. The minimum absolute atomic E-state index is 0. The summed E-state index contributed by atoms with van der Waals surface area (Å²) in [6.45, 7) is 3.31. The van der Waals surface area contributed by atoms with Crippen LogP contribution in [0.2, 0.25) is 0 Å². The first-order chi connectivity index (χ1) is 5.04. The molecule has 0 aromatic carbocycles. The van der Waals surface area contributed by atoms with E-state index in [1.807, 2.05) is 0 Å². The van der Waals surface area contributed by atoms with Crippen LogP contribution < -0.4 is 9.79 Å². The zero-order valence-electron chi connectivity index (χ0n) is 6.19. The van der Waals surface area contributed by atoms with Gasteiger partial charge in [-0.25, -0.2) is 0 Å². The molecule has 0 spiro atoms. The van der Waals surface area contributed by atoms with Gasteiger partial charge in [0.1, 0.15) is 16.5 Å². The SMILES string of the molecule is C=CCO.O=[PH]([O-])O[PH](=O)[O-].[Hg+2]. The van der Waals surface area contributed by atoms with Crippen LogP contribution in [0.4, 0.5) is 0 Å².